The first-order valence-corrected chi connectivity index (χ1v) is 7.39. The second-order valence-corrected chi connectivity index (χ2v) is 5.48. The highest BCUT2D eigenvalue weighted by Gasteiger charge is 2.22. The molecule has 4 nitrogen and oxygen atoms in total. The lowest BCUT2D eigenvalue weighted by Crippen LogP contribution is -2.24. The monoisotopic (exact) mass is 312 g/mol. The smallest absolute Gasteiger partial charge is 0.342 e. The summed E-state index contributed by atoms with van der Waals surface area (Å²) in [4.78, 5) is 24.7. The van der Waals surface area contributed by atoms with E-state index in [1.54, 1.807) is 31.2 Å². The summed E-state index contributed by atoms with van der Waals surface area (Å²) < 4.78 is 10.5. The van der Waals surface area contributed by atoms with Gasteiger partial charge in [-0.2, -0.15) is 0 Å². The van der Waals surface area contributed by atoms with Gasteiger partial charge in [-0.25, -0.2) is 4.79 Å². The molecule has 0 aliphatic carbocycles. The van der Waals surface area contributed by atoms with Crippen LogP contribution in [-0.4, -0.2) is 25.0 Å². The number of Topliss-reactive ketones (excluding diaryl/α,β-unsaturated/α-hetero) is 1. The summed E-state index contributed by atoms with van der Waals surface area (Å²) in [6, 6.07) is 12.4. The van der Waals surface area contributed by atoms with Crippen molar-refractivity contribution in [2.45, 2.75) is 26.9 Å². The summed E-state index contributed by atoms with van der Waals surface area (Å²) in [5.74, 6) is -0.376. The first-order valence-electron chi connectivity index (χ1n) is 7.39. The Kier molecular flexibility index (Phi) is 5.16. The van der Waals surface area contributed by atoms with E-state index in [0.717, 1.165) is 11.1 Å². The van der Waals surface area contributed by atoms with E-state index >= 15 is 0 Å². The molecule has 0 unspecified atom stereocenters. The Bertz CT molecular complexity index is 717. The van der Waals surface area contributed by atoms with Crippen LogP contribution in [0.1, 0.15) is 38.8 Å². The fourth-order valence-electron chi connectivity index (χ4n) is 2.21. The Balaban J connectivity index is 2.15. The summed E-state index contributed by atoms with van der Waals surface area (Å²) in [5, 5.41) is 0. The van der Waals surface area contributed by atoms with Gasteiger partial charge in [0.2, 0.25) is 5.78 Å². The van der Waals surface area contributed by atoms with Crippen molar-refractivity contribution in [2.24, 2.45) is 0 Å². The highest BCUT2D eigenvalue weighted by Crippen LogP contribution is 2.21. The molecular formula is C19H20O4. The Labute approximate surface area is 136 Å². The Morgan fingerprint density at radius 1 is 0.957 bits per heavy atom. The van der Waals surface area contributed by atoms with Crippen molar-refractivity contribution < 1.29 is 19.1 Å². The van der Waals surface area contributed by atoms with Gasteiger partial charge in [0.15, 0.2) is 6.10 Å². The average Bonchev–Trinajstić information content (AvgIpc) is 2.54. The third-order valence-corrected chi connectivity index (χ3v) is 3.56. The van der Waals surface area contributed by atoms with E-state index in [1.807, 2.05) is 32.0 Å². The molecule has 0 fully saturated rings. The van der Waals surface area contributed by atoms with E-state index in [2.05, 4.69) is 0 Å². The molecule has 23 heavy (non-hydrogen) atoms. The third-order valence-electron chi connectivity index (χ3n) is 3.56. The van der Waals surface area contributed by atoms with Crippen molar-refractivity contribution >= 4 is 11.8 Å². The zero-order valence-corrected chi connectivity index (χ0v) is 13.8. The number of esters is 1. The molecule has 0 aliphatic heterocycles. The zero-order valence-electron chi connectivity index (χ0n) is 13.8. The first kappa shape index (κ1) is 16.7. The van der Waals surface area contributed by atoms with E-state index in [-0.39, 0.29) is 5.78 Å². The van der Waals surface area contributed by atoms with Gasteiger partial charge in [0.05, 0.1) is 7.11 Å². The molecule has 0 aromatic heterocycles. The van der Waals surface area contributed by atoms with Crippen LogP contribution in [0.2, 0.25) is 0 Å². The highest BCUT2D eigenvalue weighted by atomic mass is 16.5. The first-order chi connectivity index (χ1) is 10.9. The predicted molar refractivity (Wildman–Crippen MR) is 88.1 cm³/mol. The van der Waals surface area contributed by atoms with Crippen LogP contribution in [0.25, 0.3) is 0 Å². The molecule has 1 atom stereocenters. The van der Waals surface area contributed by atoms with Gasteiger partial charge < -0.3 is 9.47 Å². The molecule has 2 aromatic rings. The van der Waals surface area contributed by atoms with Crippen molar-refractivity contribution in [3.8, 4) is 5.75 Å². The van der Waals surface area contributed by atoms with Crippen molar-refractivity contribution in [1.82, 2.24) is 0 Å². The number of methoxy groups -OCH3 is 1. The summed E-state index contributed by atoms with van der Waals surface area (Å²) in [7, 11) is 1.49. The van der Waals surface area contributed by atoms with Crippen LogP contribution in [0.3, 0.4) is 0 Å². The van der Waals surface area contributed by atoms with Crippen LogP contribution in [0.15, 0.2) is 42.5 Å². The van der Waals surface area contributed by atoms with Crippen molar-refractivity contribution in [3.63, 3.8) is 0 Å². The number of carbonyl (C=O) groups excluding carboxylic acids is 2. The van der Waals surface area contributed by atoms with Gasteiger partial charge >= 0.3 is 5.97 Å². The van der Waals surface area contributed by atoms with Gasteiger partial charge in [0, 0.05) is 5.56 Å². The number of hydrogen-bond donors (Lipinski definition) is 0. The second kappa shape index (κ2) is 7.09. The minimum absolute atomic E-state index is 0.232. The maximum atomic E-state index is 12.3. The van der Waals surface area contributed by atoms with Crippen LogP contribution in [0, 0.1) is 13.8 Å². The van der Waals surface area contributed by atoms with Crippen LogP contribution in [-0.2, 0) is 4.74 Å². The van der Waals surface area contributed by atoms with Crippen molar-refractivity contribution in [1.29, 1.82) is 0 Å². The standard InChI is InChI=1S/C19H20O4/c1-12-5-8-15(9-6-12)18(20)14(3)23-19(21)16-11-13(2)7-10-17(16)22-4/h5-11,14H,1-4H3/t14-/m1/s1. The molecule has 4 heteroatoms. The second-order valence-electron chi connectivity index (χ2n) is 5.48. The Morgan fingerprint density at radius 3 is 2.17 bits per heavy atom. The molecule has 0 aliphatic rings. The largest absolute Gasteiger partial charge is 0.496 e. The van der Waals surface area contributed by atoms with Crippen LogP contribution >= 0.6 is 0 Å². The number of aryl methyl sites for hydroxylation is 2. The minimum Gasteiger partial charge on any atom is -0.496 e. The van der Waals surface area contributed by atoms with E-state index < -0.39 is 12.1 Å². The van der Waals surface area contributed by atoms with Crippen LogP contribution in [0.5, 0.6) is 5.75 Å². The highest BCUT2D eigenvalue weighted by molar-refractivity contribution is 6.01. The molecule has 0 bridgehead atoms. The van der Waals surface area contributed by atoms with Crippen LogP contribution < -0.4 is 4.74 Å². The average molecular weight is 312 g/mol. The molecule has 0 saturated heterocycles. The zero-order chi connectivity index (χ0) is 17.0. The number of ether oxygens (including phenoxy) is 2. The molecule has 0 spiro atoms. The lowest BCUT2D eigenvalue weighted by Gasteiger charge is -2.14. The van der Waals surface area contributed by atoms with E-state index in [4.69, 9.17) is 9.47 Å². The fourth-order valence-corrected chi connectivity index (χ4v) is 2.21. The minimum atomic E-state index is -0.865. The van der Waals surface area contributed by atoms with Gasteiger partial charge in [0.25, 0.3) is 0 Å². The van der Waals surface area contributed by atoms with Crippen LogP contribution in [0.4, 0.5) is 0 Å². The quantitative estimate of drug-likeness (QED) is 0.623. The molecular weight excluding hydrogens is 292 g/mol. The van der Waals surface area contributed by atoms with Crippen molar-refractivity contribution in [3.05, 3.63) is 64.7 Å². The molecule has 0 amide bonds. The molecule has 0 heterocycles. The molecule has 2 rings (SSSR count). The summed E-state index contributed by atoms with van der Waals surface area (Å²) >= 11 is 0. The van der Waals surface area contributed by atoms with Gasteiger partial charge in [0.1, 0.15) is 11.3 Å². The lowest BCUT2D eigenvalue weighted by molar-refractivity contribution is 0.0316. The SMILES string of the molecule is COc1ccc(C)cc1C(=O)O[C@H](C)C(=O)c1ccc(C)cc1. The number of hydrogen-bond acceptors (Lipinski definition) is 4. The molecule has 0 N–H and O–H groups in total. The van der Waals surface area contributed by atoms with Gasteiger partial charge in [-0.3, -0.25) is 4.79 Å². The van der Waals surface area contributed by atoms with Gasteiger partial charge in [-0.1, -0.05) is 41.5 Å². The number of rotatable bonds is 5. The van der Waals surface area contributed by atoms with Gasteiger partial charge in [-0.05, 0) is 32.9 Å². The van der Waals surface area contributed by atoms with E-state index in [9.17, 15) is 9.59 Å². The summed E-state index contributed by atoms with van der Waals surface area (Å²) in [5.41, 5.74) is 2.81. The molecule has 120 valence electrons. The maximum absolute atomic E-state index is 12.3. The van der Waals surface area contributed by atoms with E-state index in [1.165, 1.54) is 7.11 Å². The predicted octanol–water partition coefficient (Wildman–Crippen LogP) is 3.74. The van der Waals surface area contributed by atoms with Gasteiger partial charge in [-0.15, -0.1) is 0 Å². The summed E-state index contributed by atoms with van der Waals surface area (Å²) in [6.45, 7) is 5.39. The molecule has 2 aromatic carbocycles. The Morgan fingerprint density at radius 2 is 1.57 bits per heavy atom. The fraction of sp³-hybridized carbons (Fsp3) is 0.263. The third kappa shape index (κ3) is 3.97. The number of benzene rings is 2. The molecule has 0 radical (unpaired) electrons. The summed E-state index contributed by atoms with van der Waals surface area (Å²) in [6.07, 6.45) is -0.865. The number of carbonyl (C=O) groups is 2. The lowest BCUT2D eigenvalue weighted by atomic mass is 10.1. The normalized spacial score (nSPS) is 11.7. The maximum Gasteiger partial charge on any atom is 0.342 e. The van der Waals surface area contributed by atoms with E-state index in [0.29, 0.717) is 16.9 Å². The topological polar surface area (TPSA) is 52.6 Å². The molecule has 0 saturated carbocycles. The Hall–Kier alpha value is -2.62. The van der Waals surface area contributed by atoms with Crippen molar-refractivity contribution in [2.75, 3.05) is 7.11 Å². The number of ketones is 1.